The first-order valence-electron chi connectivity index (χ1n) is 6.96. The molecule has 1 heterocycles. The Bertz CT molecular complexity index is 549. The van der Waals surface area contributed by atoms with Gasteiger partial charge >= 0.3 is 0 Å². The Morgan fingerprint density at radius 2 is 2.19 bits per heavy atom. The van der Waals surface area contributed by atoms with Crippen molar-refractivity contribution < 1.29 is 9.72 Å². The minimum Gasteiger partial charge on any atom is -0.379 e. The van der Waals surface area contributed by atoms with Crippen molar-refractivity contribution in [3.05, 3.63) is 27.8 Å². The van der Waals surface area contributed by atoms with Crippen LogP contribution < -0.4 is 10.6 Å². The molecule has 1 aliphatic heterocycles. The van der Waals surface area contributed by atoms with Crippen LogP contribution in [0.3, 0.4) is 0 Å². The topological polar surface area (TPSA) is 84.3 Å². The van der Waals surface area contributed by atoms with E-state index < -0.39 is 4.92 Å². The third-order valence-electron chi connectivity index (χ3n) is 3.40. The zero-order valence-electron chi connectivity index (χ0n) is 12.0. The molecule has 0 fully saturated rings. The third kappa shape index (κ3) is 4.10. The van der Waals surface area contributed by atoms with Gasteiger partial charge in [0, 0.05) is 19.0 Å². The number of anilines is 2. The average Bonchev–Trinajstić information content (AvgIpc) is 2.46. The van der Waals surface area contributed by atoms with Crippen molar-refractivity contribution in [3.8, 4) is 0 Å². The van der Waals surface area contributed by atoms with Crippen LogP contribution in [0, 0.1) is 10.1 Å². The second kappa shape index (κ2) is 7.31. The first-order chi connectivity index (χ1) is 10.1. The quantitative estimate of drug-likeness (QED) is 0.459. The van der Waals surface area contributed by atoms with Crippen LogP contribution >= 0.6 is 11.8 Å². The van der Waals surface area contributed by atoms with Gasteiger partial charge in [-0.3, -0.25) is 14.9 Å². The van der Waals surface area contributed by atoms with Crippen LogP contribution in [0.25, 0.3) is 0 Å². The number of thioether (sulfide) groups is 1. The van der Waals surface area contributed by atoms with Crippen LogP contribution in [0.1, 0.15) is 24.8 Å². The van der Waals surface area contributed by atoms with Crippen molar-refractivity contribution in [2.45, 2.75) is 25.7 Å². The largest absolute Gasteiger partial charge is 0.379 e. The standard InChI is InChI=1S/C14H19N3O3S/c1-21-7-3-2-6-15-12-8-10-4-5-14(18)16-11(10)9-13(12)17(19)20/h8-9,15H,2-7H2,1H3,(H,16,18). The first kappa shape index (κ1) is 15.6. The Morgan fingerprint density at radius 3 is 2.90 bits per heavy atom. The molecule has 1 aromatic carbocycles. The molecule has 0 spiro atoms. The Hall–Kier alpha value is -1.76. The van der Waals surface area contributed by atoms with Gasteiger partial charge in [0.15, 0.2) is 0 Å². The normalized spacial score (nSPS) is 13.5. The van der Waals surface area contributed by atoms with E-state index in [2.05, 4.69) is 16.9 Å². The molecule has 1 aliphatic rings. The van der Waals surface area contributed by atoms with Gasteiger partial charge in [-0.2, -0.15) is 11.8 Å². The monoisotopic (exact) mass is 309 g/mol. The summed E-state index contributed by atoms with van der Waals surface area (Å²) in [6.07, 6.45) is 5.18. The lowest BCUT2D eigenvalue weighted by atomic mass is 10.0. The predicted octanol–water partition coefficient (Wildman–Crippen LogP) is 3.03. The molecule has 7 heteroatoms. The van der Waals surface area contributed by atoms with Crippen LogP contribution in [-0.2, 0) is 11.2 Å². The lowest BCUT2D eigenvalue weighted by molar-refractivity contribution is -0.383. The Morgan fingerprint density at radius 1 is 1.38 bits per heavy atom. The number of carbonyl (C=O) groups is 1. The van der Waals surface area contributed by atoms with Gasteiger partial charge in [0.25, 0.3) is 5.69 Å². The lowest BCUT2D eigenvalue weighted by Gasteiger charge is -2.18. The summed E-state index contributed by atoms with van der Waals surface area (Å²) >= 11 is 1.80. The van der Waals surface area contributed by atoms with E-state index in [0.29, 0.717) is 30.8 Å². The van der Waals surface area contributed by atoms with Gasteiger partial charge in [-0.25, -0.2) is 0 Å². The predicted molar refractivity (Wildman–Crippen MR) is 86.2 cm³/mol. The van der Waals surface area contributed by atoms with Crippen molar-refractivity contribution in [3.63, 3.8) is 0 Å². The Labute approximate surface area is 127 Å². The van der Waals surface area contributed by atoms with Crippen LogP contribution in [0.4, 0.5) is 17.1 Å². The van der Waals surface area contributed by atoms with E-state index in [9.17, 15) is 14.9 Å². The lowest BCUT2D eigenvalue weighted by Crippen LogP contribution is -2.19. The van der Waals surface area contributed by atoms with Crippen molar-refractivity contribution >= 4 is 34.7 Å². The summed E-state index contributed by atoms with van der Waals surface area (Å²) in [7, 11) is 0. The highest BCUT2D eigenvalue weighted by Crippen LogP contribution is 2.34. The van der Waals surface area contributed by atoms with Crippen LogP contribution in [0.5, 0.6) is 0 Å². The fourth-order valence-corrected chi connectivity index (χ4v) is 2.80. The van der Waals surface area contributed by atoms with E-state index in [-0.39, 0.29) is 11.6 Å². The van der Waals surface area contributed by atoms with Crippen molar-refractivity contribution in [2.75, 3.05) is 29.2 Å². The molecule has 6 nitrogen and oxygen atoms in total. The molecule has 2 rings (SSSR count). The molecule has 2 N–H and O–H groups in total. The summed E-state index contributed by atoms with van der Waals surface area (Å²) in [4.78, 5) is 22.1. The molecule has 21 heavy (non-hydrogen) atoms. The highest BCUT2D eigenvalue weighted by molar-refractivity contribution is 7.98. The third-order valence-corrected chi connectivity index (χ3v) is 4.10. The van der Waals surface area contributed by atoms with Crippen LogP contribution in [0.2, 0.25) is 0 Å². The maximum atomic E-state index is 11.4. The Balaban J connectivity index is 2.12. The van der Waals surface area contributed by atoms with Gasteiger partial charge in [-0.05, 0) is 42.9 Å². The second-order valence-electron chi connectivity index (χ2n) is 4.96. The van der Waals surface area contributed by atoms with E-state index in [1.807, 2.05) is 0 Å². The molecule has 0 bridgehead atoms. The highest BCUT2D eigenvalue weighted by Gasteiger charge is 2.22. The molecule has 0 saturated heterocycles. The molecule has 1 amide bonds. The van der Waals surface area contributed by atoms with Crippen LogP contribution in [0.15, 0.2) is 12.1 Å². The molecular weight excluding hydrogens is 290 g/mol. The summed E-state index contributed by atoms with van der Waals surface area (Å²) in [5.74, 6) is 1.01. The minimum atomic E-state index is -0.411. The average molecular weight is 309 g/mol. The number of aryl methyl sites for hydroxylation is 1. The molecular formula is C14H19N3O3S. The van der Waals surface area contributed by atoms with Crippen molar-refractivity contribution in [2.24, 2.45) is 0 Å². The number of nitrogens with zero attached hydrogens (tertiary/aromatic N) is 1. The number of rotatable bonds is 7. The number of benzene rings is 1. The van der Waals surface area contributed by atoms with Gasteiger partial charge < -0.3 is 10.6 Å². The van der Waals surface area contributed by atoms with Gasteiger partial charge in [0.2, 0.25) is 5.91 Å². The highest BCUT2D eigenvalue weighted by atomic mass is 32.2. The molecule has 1 aromatic rings. The summed E-state index contributed by atoms with van der Waals surface area (Å²) in [6, 6.07) is 3.25. The summed E-state index contributed by atoms with van der Waals surface area (Å²) in [6.45, 7) is 0.715. The summed E-state index contributed by atoms with van der Waals surface area (Å²) in [5.41, 5.74) is 2.07. The zero-order chi connectivity index (χ0) is 15.2. The number of hydrogen-bond donors (Lipinski definition) is 2. The molecule has 0 atom stereocenters. The number of amides is 1. The maximum absolute atomic E-state index is 11.4. The van der Waals surface area contributed by atoms with Crippen molar-refractivity contribution in [1.82, 2.24) is 0 Å². The number of carbonyl (C=O) groups excluding carboxylic acids is 1. The van der Waals surface area contributed by atoms with E-state index in [0.717, 1.165) is 24.2 Å². The molecule has 114 valence electrons. The SMILES string of the molecule is CSCCCCNc1cc2c(cc1[N+](=O)[O-])NC(=O)CC2. The number of unbranched alkanes of at least 4 members (excludes halogenated alkanes) is 1. The van der Waals surface area contributed by atoms with Gasteiger partial charge in [0.05, 0.1) is 10.6 Å². The molecule has 0 aliphatic carbocycles. The number of nitro benzene ring substituents is 1. The molecule has 0 unspecified atom stereocenters. The van der Waals surface area contributed by atoms with Crippen molar-refractivity contribution in [1.29, 1.82) is 0 Å². The second-order valence-corrected chi connectivity index (χ2v) is 5.94. The number of fused-ring (bicyclic) bond motifs is 1. The van der Waals surface area contributed by atoms with E-state index in [1.54, 1.807) is 17.8 Å². The van der Waals surface area contributed by atoms with Gasteiger partial charge in [-0.1, -0.05) is 0 Å². The van der Waals surface area contributed by atoms with Gasteiger partial charge in [0.1, 0.15) is 5.69 Å². The van der Waals surface area contributed by atoms with Gasteiger partial charge in [-0.15, -0.1) is 0 Å². The number of nitro groups is 1. The number of hydrogen-bond acceptors (Lipinski definition) is 5. The smallest absolute Gasteiger partial charge is 0.294 e. The first-order valence-corrected chi connectivity index (χ1v) is 8.35. The van der Waals surface area contributed by atoms with E-state index >= 15 is 0 Å². The van der Waals surface area contributed by atoms with E-state index in [4.69, 9.17) is 0 Å². The minimum absolute atomic E-state index is 0.0146. The zero-order valence-corrected chi connectivity index (χ0v) is 12.8. The maximum Gasteiger partial charge on any atom is 0.294 e. The summed E-state index contributed by atoms with van der Waals surface area (Å²) in [5, 5.41) is 17.0. The molecule has 0 radical (unpaired) electrons. The van der Waals surface area contributed by atoms with E-state index in [1.165, 1.54) is 6.07 Å². The fraction of sp³-hybridized carbons (Fsp3) is 0.500. The molecule has 0 saturated carbocycles. The Kier molecular flexibility index (Phi) is 5.44. The summed E-state index contributed by atoms with van der Waals surface area (Å²) < 4.78 is 0. The molecule has 0 aromatic heterocycles. The van der Waals surface area contributed by atoms with Crippen LogP contribution in [-0.4, -0.2) is 29.4 Å². The number of nitrogens with one attached hydrogen (secondary N) is 2. The fourth-order valence-electron chi connectivity index (χ4n) is 2.30.